The van der Waals surface area contributed by atoms with Crippen LogP contribution in [-0.4, -0.2) is 79.5 Å². The number of aliphatic hydroxyl groups excluding tert-OH is 1. The quantitative estimate of drug-likeness (QED) is 0.395. The average molecular weight is 652 g/mol. The molecule has 0 saturated carbocycles. The lowest BCUT2D eigenvalue weighted by Gasteiger charge is -2.39. The number of carbonyl (C=O) groups is 2. The third-order valence-electron chi connectivity index (χ3n) is 8.10. The molecule has 2 aliphatic rings. The first-order chi connectivity index (χ1) is 20.3. The molecule has 3 atom stereocenters. The number of nitrogens with zero attached hydrogens (tertiary/aromatic N) is 2. The second-order valence-electron chi connectivity index (χ2n) is 11.1. The Labute approximate surface area is 249 Å². The summed E-state index contributed by atoms with van der Waals surface area (Å²) in [7, 11) is -4.50. The average Bonchev–Trinajstić information content (AvgIpc) is 3.34. The Hall–Kier alpha value is -3.37. The molecule has 9 nitrogen and oxygen atoms in total. The van der Waals surface area contributed by atoms with Gasteiger partial charge in [0.25, 0.3) is 15.6 Å². The second kappa shape index (κ2) is 11.9. The van der Waals surface area contributed by atoms with Crippen LogP contribution in [0.25, 0.3) is 0 Å². The third-order valence-corrected chi connectivity index (χ3v) is 9.98. The summed E-state index contributed by atoms with van der Waals surface area (Å²) in [6.45, 7) is 3.03. The number of rotatable bonds is 7. The van der Waals surface area contributed by atoms with Gasteiger partial charge in [-0.15, -0.1) is 0 Å². The van der Waals surface area contributed by atoms with E-state index in [1.807, 2.05) is 0 Å². The van der Waals surface area contributed by atoms with Crippen LogP contribution in [0.1, 0.15) is 36.5 Å². The van der Waals surface area contributed by atoms with E-state index in [0.29, 0.717) is 12.1 Å². The van der Waals surface area contributed by atoms with E-state index < -0.39 is 63.9 Å². The van der Waals surface area contributed by atoms with Crippen LogP contribution in [0.2, 0.25) is 0 Å². The van der Waals surface area contributed by atoms with Crippen molar-refractivity contribution in [2.24, 2.45) is 5.92 Å². The van der Waals surface area contributed by atoms with Gasteiger partial charge >= 0.3 is 12.4 Å². The smallest absolute Gasteiger partial charge is 0.396 e. The summed E-state index contributed by atoms with van der Waals surface area (Å²) in [5.41, 5.74) is -6.44. The molecule has 2 amide bonds. The SMILES string of the molecule is CC(=O)N1CC(CO)C(NC(=O)CC2CCc3cc(C(O)(C(F)(F)F)C(F)(F)F)ccc3N2S(=O)(=O)c2ccc(C)cc2)C1. The summed E-state index contributed by atoms with van der Waals surface area (Å²) in [4.78, 5) is 26.2. The van der Waals surface area contributed by atoms with E-state index >= 15 is 0 Å². The molecule has 3 N–H and O–H groups in total. The molecule has 0 aliphatic carbocycles. The molecule has 16 heteroatoms. The van der Waals surface area contributed by atoms with E-state index in [1.165, 1.54) is 36.1 Å². The van der Waals surface area contributed by atoms with Gasteiger partial charge in [-0.25, -0.2) is 8.42 Å². The first kappa shape index (κ1) is 33.5. The van der Waals surface area contributed by atoms with Crippen molar-refractivity contribution >= 4 is 27.5 Å². The van der Waals surface area contributed by atoms with Gasteiger partial charge in [0.2, 0.25) is 11.8 Å². The lowest BCUT2D eigenvalue weighted by Crippen LogP contribution is -2.54. The fourth-order valence-corrected chi connectivity index (χ4v) is 7.36. The van der Waals surface area contributed by atoms with Crippen LogP contribution >= 0.6 is 0 Å². The van der Waals surface area contributed by atoms with E-state index in [-0.39, 0.29) is 54.6 Å². The van der Waals surface area contributed by atoms with Crippen LogP contribution in [0.4, 0.5) is 32.0 Å². The number of anilines is 1. The predicted molar refractivity (Wildman–Crippen MR) is 145 cm³/mol. The minimum atomic E-state index is -6.13. The van der Waals surface area contributed by atoms with Crippen molar-refractivity contribution in [2.75, 3.05) is 24.0 Å². The lowest BCUT2D eigenvalue weighted by molar-refractivity contribution is -0.376. The molecule has 0 bridgehead atoms. The van der Waals surface area contributed by atoms with E-state index in [1.54, 1.807) is 6.92 Å². The number of amides is 2. The monoisotopic (exact) mass is 651 g/mol. The highest BCUT2D eigenvalue weighted by Gasteiger charge is 2.71. The number of halogens is 6. The molecule has 2 aromatic rings. The lowest BCUT2D eigenvalue weighted by atomic mass is 9.87. The number of carbonyl (C=O) groups excluding carboxylic acids is 2. The molecule has 2 aliphatic heterocycles. The number of aryl methyl sites for hydroxylation is 2. The number of sulfonamides is 1. The summed E-state index contributed by atoms with van der Waals surface area (Å²) >= 11 is 0. The predicted octanol–water partition coefficient (Wildman–Crippen LogP) is 3.16. The van der Waals surface area contributed by atoms with E-state index in [4.69, 9.17) is 0 Å². The highest BCUT2D eigenvalue weighted by molar-refractivity contribution is 7.92. The molecule has 0 radical (unpaired) electrons. The minimum Gasteiger partial charge on any atom is -0.396 e. The molecular formula is C28H31F6N3O6S. The van der Waals surface area contributed by atoms with Crippen molar-refractivity contribution in [1.82, 2.24) is 10.2 Å². The van der Waals surface area contributed by atoms with Gasteiger partial charge in [0, 0.05) is 44.5 Å². The number of hydrogen-bond acceptors (Lipinski definition) is 6. The van der Waals surface area contributed by atoms with E-state index in [0.717, 1.165) is 15.9 Å². The number of benzene rings is 2. The summed E-state index contributed by atoms with van der Waals surface area (Å²) < 4.78 is 110. The van der Waals surface area contributed by atoms with Crippen LogP contribution in [0.15, 0.2) is 47.4 Å². The summed E-state index contributed by atoms with van der Waals surface area (Å²) in [5.74, 6) is -1.36. The van der Waals surface area contributed by atoms with Gasteiger partial charge in [-0.3, -0.25) is 13.9 Å². The van der Waals surface area contributed by atoms with Gasteiger partial charge in [-0.1, -0.05) is 29.8 Å². The van der Waals surface area contributed by atoms with Gasteiger partial charge in [0.05, 0.1) is 22.7 Å². The molecule has 1 fully saturated rings. The van der Waals surface area contributed by atoms with Crippen molar-refractivity contribution in [3.63, 3.8) is 0 Å². The molecule has 242 valence electrons. The van der Waals surface area contributed by atoms with E-state index in [2.05, 4.69) is 5.32 Å². The Bertz CT molecular complexity index is 1500. The molecule has 44 heavy (non-hydrogen) atoms. The number of aliphatic hydroxyl groups is 2. The normalized spacial score (nSPS) is 21.3. The van der Waals surface area contributed by atoms with Gasteiger partial charge < -0.3 is 20.4 Å². The third kappa shape index (κ3) is 6.11. The minimum absolute atomic E-state index is 0.120. The van der Waals surface area contributed by atoms with Gasteiger partial charge in [0.15, 0.2) is 0 Å². The Morgan fingerprint density at radius 2 is 1.61 bits per heavy atom. The van der Waals surface area contributed by atoms with Gasteiger partial charge in [0.1, 0.15) is 0 Å². The zero-order valence-corrected chi connectivity index (χ0v) is 24.4. The molecule has 4 rings (SSSR count). The maximum absolute atomic E-state index is 13.9. The van der Waals surface area contributed by atoms with Crippen LogP contribution < -0.4 is 9.62 Å². The Morgan fingerprint density at radius 1 is 1.00 bits per heavy atom. The maximum Gasteiger partial charge on any atom is 0.430 e. The topological polar surface area (TPSA) is 127 Å². The highest BCUT2D eigenvalue weighted by Crippen LogP contribution is 2.51. The summed E-state index contributed by atoms with van der Waals surface area (Å²) in [6, 6.07) is 5.50. The van der Waals surface area contributed by atoms with Crippen molar-refractivity contribution in [3.05, 3.63) is 59.2 Å². The molecule has 0 spiro atoms. The molecule has 2 heterocycles. The first-order valence-electron chi connectivity index (χ1n) is 13.6. The first-order valence-corrected chi connectivity index (χ1v) is 15.0. The van der Waals surface area contributed by atoms with Crippen molar-refractivity contribution in [2.45, 2.75) is 68.0 Å². The molecule has 2 aromatic carbocycles. The molecular weight excluding hydrogens is 620 g/mol. The number of fused-ring (bicyclic) bond motifs is 1. The molecule has 0 aromatic heterocycles. The van der Waals surface area contributed by atoms with Crippen LogP contribution in [-0.2, 0) is 31.6 Å². The van der Waals surface area contributed by atoms with Crippen LogP contribution in [0.5, 0.6) is 0 Å². The number of nitrogens with one attached hydrogen (secondary N) is 1. The van der Waals surface area contributed by atoms with Gasteiger partial charge in [-0.05, 0) is 43.5 Å². The van der Waals surface area contributed by atoms with Crippen LogP contribution in [0, 0.1) is 12.8 Å². The molecule has 1 saturated heterocycles. The summed E-state index contributed by atoms with van der Waals surface area (Å²) in [6.07, 6.45) is -13.1. The highest BCUT2D eigenvalue weighted by atomic mass is 32.2. The van der Waals surface area contributed by atoms with Crippen molar-refractivity contribution < 1.29 is 54.6 Å². The number of hydrogen-bond donors (Lipinski definition) is 3. The van der Waals surface area contributed by atoms with Crippen molar-refractivity contribution in [3.8, 4) is 0 Å². The number of likely N-dealkylation sites (tertiary alicyclic amines) is 1. The van der Waals surface area contributed by atoms with Gasteiger partial charge in [-0.2, -0.15) is 26.3 Å². The molecule has 3 unspecified atom stereocenters. The Balaban J connectivity index is 1.73. The Kier molecular flexibility index (Phi) is 9.03. The van der Waals surface area contributed by atoms with E-state index in [9.17, 15) is 54.6 Å². The number of alkyl halides is 6. The standard InChI is InChI=1S/C28H31F6N3O6S/c1-16-3-8-22(9-4-16)44(42,43)37-21(12-25(40)35-23-14-36(17(2)39)13-19(23)15-38)7-5-18-11-20(6-10-24(18)37)26(41,27(29,30)31)28(32,33)34/h3-4,6,8-11,19,21,23,38,41H,5,7,12-15H2,1-2H3,(H,35,40). The van der Waals surface area contributed by atoms with Crippen LogP contribution in [0.3, 0.4) is 0 Å². The Morgan fingerprint density at radius 3 is 2.16 bits per heavy atom. The fourth-order valence-electron chi connectivity index (χ4n) is 5.64. The zero-order chi connectivity index (χ0) is 32.8. The largest absolute Gasteiger partial charge is 0.430 e. The second-order valence-corrected chi connectivity index (χ2v) is 12.9. The van der Waals surface area contributed by atoms with Crippen molar-refractivity contribution in [1.29, 1.82) is 0 Å². The maximum atomic E-state index is 13.9. The summed E-state index contributed by atoms with van der Waals surface area (Å²) in [5, 5.41) is 22.3. The zero-order valence-electron chi connectivity index (χ0n) is 23.6. The fraction of sp³-hybridized carbons (Fsp3) is 0.500.